The number of carbonyl (C=O) groups excluding carboxylic acids is 1. The maximum atomic E-state index is 11.8. The Morgan fingerprint density at radius 3 is 3.09 bits per heavy atom. The lowest BCUT2D eigenvalue weighted by molar-refractivity contribution is -0.127. The van der Waals surface area contributed by atoms with Crippen molar-refractivity contribution in [3.63, 3.8) is 0 Å². The van der Waals surface area contributed by atoms with E-state index in [0.717, 1.165) is 30.3 Å². The number of nitrogens with zero attached hydrogens (tertiary/aromatic N) is 6. The van der Waals surface area contributed by atoms with Crippen molar-refractivity contribution in [1.29, 1.82) is 0 Å². The van der Waals surface area contributed by atoms with Gasteiger partial charge >= 0.3 is 0 Å². The van der Waals surface area contributed by atoms with E-state index in [4.69, 9.17) is 0 Å². The minimum atomic E-state index is 0.0936. The lowest BCUT2D eigenvalue weighted by Crippen LogP contribution is -2.32. The van der Waals surface area contributed by atoms with Crippen LogP contribution in [0.15, 0.2) is 18.0 Å². The molecule has 0 aromatic carbocycles. The van der Waals surface area contributed by atoms with Crippen molar-refractivity contribution in [2.24, 2.45) is 0 Å². The third kappa shape index (κ3) is 4.14. The summed E-state index contributed by atoms with van der Waals surface area (Å²) in [6, 6.07) is 0.477. The topological polar surface area (TPSA) is 67.2 Å². The molecule has 7 nitrogen and oxygen atoms in total. The molecule has 1 atom stereocenters. The highest BCUT2D eigenvalue weighted by Crippen LogP contribution is 2.22. The van der Waals surface area contributed by atoms with E-state index in [0.29, 0.717) is 12.5 Å². The fraction of sp³-hybridized carbons (Fsp3) is 0.600. The van der Waals surface area contributed by atoms with Crippen LogP contribution in [0.2, 0.25) is 0 Å². The Morgan fingerprint density at radius 1 is 1.48 bits per heavy atom. The van der Waals surface area contributed by atoms with Crippen molar-refractivity contribution in [3.05, 3.63) is 28.7 Å². The largest absolute Gasteiger partial charge is 0.348 e. The van der Waals surface area contributed by atoms with E-state index in [9.17, 15) is 4.79 Å². The predicted molar refractivity (Wildman–Crippen MR) is 88.0 cm³/mol. The van der Waals surface area contributed by atoms with E-state index in [1.807, 2.05) is 4.68 Å². The Bertz CT molecular complexity index is 638. The van der Waals surface area contributed by atoms with Crippen LogP contribution in [0, 0.1) is 0 Å². The van der Waals surface area contributed by atoms with E-state index < -0.39 is 0 Å². The van der Waals surface area contributed by atoms with E-state index in [-0.39, 0.29) is 5.91 Å². The van der Waals surface area contributed by atoms with Gasteiger partial charge in [0.2, 0.25) is 5.91 Å². The second kappa shape index (κ2) is 7.18. The van der Waals surface area contributed by atoms with E-state index >= 15 is 0 Å². The van der Waals surface area contributed by atoms with Gasteiger partial charge in [-0.3, -0.25) is 14.4 Å². The lowest BCUT2D eigenvalue weighted by Gasteiger charge is -2.23. The maximum Gasteiger partial charge on any atom is 0.228 e. The van der Waals surface area contributed by atoms with Crippen molar-refractivity contribution >= 4 is 17.2 Å². The van der Waals surface area contributed by atoms with Gasteiger partial charge in [0, 0.05) is 32.1 Å². The Balaban J connectivity index is 1.58. The van der Waals surface area contributed by atoms with Gasteiger partial charge in [-0.1, -0.05) is 0 Å². The molecule has 3 rings (SSSR count). The summed E-state index contributed by atoms with van der Waals surface area (Å²) in [4.78, 5) is 24.4. The lowest BCUT2D eigenvalue weighted by atomic mass is 10.2. The van der Waals surface area contributed by atoms with Gasteiger partial charge in [-0.15, -0.1) is 11.3 Å². The first kappa shape index (κ1) is 16.1. The van der Waals surface area contributed by atoms with E-state index in [1.54, 1.807) is 43.0 Å². The summed E-state index contributed by atoms with van der Waals surface area (Å²) >= 11 is 1.57. The highest BCUT2D eigenvalue weighted by molar-refractivity contribution is 7.09. The molecule has 1 saturated heterocycles. The monoisotopic (exact) mass is 334 g/mol. The minimum absolute atomic E-state index is 0.0936. The standard InChI is InChI=1S/C15H22N6OS/c1-19(2)15(22)6-14-18-12(9-23-14)7-20-5-3-4-13(20)8-21-11-16-10-17-21/h9-11,13H,3-8H2,1-2H3. The number of likely N-dealkylation sites (tertiary alicyclic amines) is 1. The second-order valence-electron chi connectivity index (χ2n) is 6.08. The highest BCUT2D eigenvalue weighted by atomic mass is 32.1. The Morgan fingerprint density at radius 2 is 2.35 bits per heavy atom. The van der Waals surface area contributed by atoms with Gasteiger partial charge in [0.05, 0.1) is 18.7 Å². The summed E-state index contributed by atoms with van der Waals surface area (Å²) in [5, 5.41) is 7.16. The van der Waals surface area contributed by atoms with Crippen LogP contribution in [0.1, 0.15) is 23.5 Å². The molecule has 1 aliphatic rings. The van der Waals surface area contributed by atoms with Crippen molar-refractivity contribution in [1.82, 2.24) is 29.5 Å². The molecule has 1 fully saturated rings. The smallest absolute Gasteiger partial charge is 0.228 e. The van der Waals surface area contributed by atoms with Crippen LogP contribution in [0.3, 0.4) is 0 Å². The Labute approximate surface area is 140 Å². The molecule has 0 aliphatic carbocycles. The van der Waals surface area contributed by atoms with Crippen molar-refractivity contribution in [3.8, 4) is 0 Å². The maximum absolute atomic E-state index is 11.8. The van der Waals surface area contributed by atoms with Crippen LogP contribution in [0.25, 0.3) is 0 Å². The summed E-state index contributed by atoms with van der Waals surface area (Å²) in [5.41, 5.74) is 1.06. The molecule has 0 N–H and O–H groups in total. The molecule has 2 aromatic heterocycles. The number of thiazole rings is 1. The third-order valence-corrected chi connectivity index (χ3v) is 5.03. The van der Waals surface area contributed by atoms with Crippen LogP contribution in [-0.2, 0) is 24.3 Å². The molecular weight excluding hydrogens is 312 g/mol. The molecule has 0 saturated carbocycles. The number of carbonyl (C=O) groups is 1. The first-order chi connectivity index (χ1) is 11.1. The van der Waals surface area contributed by atoms with Gasteiger partial charge in [0.25, 0.3) is 0 Å². The molecule has 0 spiro atoms. The zero-order valence-corrected chi connectivity index (χ0v) is 14.4. The number of hydrogen-bond acceptors (Lipinski definition) is 6. The van der Waals surface area contributed by atoms with Gasteiger partial charge in [0.1, 0.15) is 17.7 Å². The Kier molecular flexibility index (Phi) is 5.02. The predicted octanol–water partition coefficient (Wildman–Crippen LogP) is 1.03. The fourth-order valence-corrected chi connectivity index (χ4v) is 3.63. The second-order valence-corrected chi connectivity index (χ2v) is 7.02. The number of amides is 1. The summed E-state index contributed by atoms with van der Waals surface area (Å²) in [7, 11) is 3.55. The summed E-state index contributed by atoms with van der Waals surface area (Å²) in [6.07, 6.45) is 6.11. The average Bonchev–Trinajstić information content (AvgIpc) is 3.24. The van der Waals surface area contributed by atoms with E-state index in [1.165, 1.54) is 12.8 Å². The summed E-state index contributed by atoms with van der Waals surface area (Å²) < 4.78 is 1.89. The van der Waals surface area contributed by atoms with Gasteiger partial charge in [-0.25, -0.2) is 9.97 Å². The van der Waals surface area contributed by atoms with Crippen LogP contribution in [-0.4, -0.2) is 62.1 Å². The molecule has 23 heavy (non-hydrogen) atoms. The van der Waals surface area contributed by atoms with Gasteiger partial charge in [-0.05, 0) is 19.4 Å². The van der Waals surface area contributed by atoms with Crippen LogP contribution < -0.4 is 0 Å². The van der Waals surface area contributed by atoms with Gasteiger partial charge in [-0.2, -0.15) is 5.10 Å². The van der Waals surface area contributed by atoms with Crippen molar-refractivity contribution in [2.45, 2.75) is 38.4 Å². The van der Waals surface area contributed by atoms with Crippen molar-refractivity contribution < 1.29 is 4.79 Å². The zero-order chi connectivity index (χ0) is 16.2. The van der Waals surface area contributed by atoms with Crippen LogP contribution in [0.4, 0.5) is 0 Å². The molecule has 1 amide bonds. The average molecular weight is 334 g/mol. The zero-order valence-electron chi connectivity index (χ0n) is 13.6. The number of aromatic nitrogens is 4. The summed E-state index contributed by atoms with van der Waals surface area (Å²) in [5.74, 6) is 0.0936. The van der Waals surface area contributed by atoms with Crippen molar-refractivity contribution in [2.75, 3.05) is 20.6 Å². The van der Waals surface area contributed by atoms with E-state index in [2.05, 4.69) is 25.3 Å². The normalized spacial score (nSPS) is 18.4. The molecule has 0 radical (unpaired) electrons. The van der Waals surface area contributed by atoms with Gasteiger partial charge in [0.15, 0.2) is 0 Å². The number of likely N-dealkylation sites (N-methyl/N-ethyl adjacent to an activating group) is 1. The quantitative estimate of drug-likeness (QED) is 0.789. The fourth-order valence-electron chi connectivity index (χ4n) is 2.85. The minimum Gasteiger partial charge on any atom is -0.348 e. The SMILES string of the molecule is CN(C)C(=O)Cc1nc(CN2CCCC2Cn2cncn2)cs1. The summed E-state index contributed by atoms with van der Waals surface area (Å²) in [6.45, 7) is 2.80. The molecule has 0 bridgehead atoms. The first-order valence-electron chi connectivity index (χ1n) is 7.81. The third-order valence-electron chi connectivity index (χ3n) is 4.13. The first-order valence-corrected chi connectivity index (χ1v) is 8.69. The molecule has 124 valence electrons. The van der Waals surface area contributed by atoms with Crippen LogP contribution >= 0.6 is 11.3 Å². The molecule has 3 heterocycles. The van der Waals surface area contributed by atoms with Crippen LogP contribution in [0.5, 0.6) is 0 Å². The van der Waals surface area contributed by atoms with Gasteiger partial charge < -0.3 is 4.90 Å². The molecule has 2 aromatic rings. The molecule has 8 heteroatoms. The molecule has 1 aliphatic heterocycles. The molecule has 1 unspecified atom stereocenters. The highest BCUT2D eigenvalue weighted by Gasteiger charge is 2.25. The molecular formula is C15H22N6OS. The number of rotatable bonds is 6. The Hall–Kier alpha value is -1.80. The number of hydrogen-bond donors (Lipinski definition) is 0.